The maximum atomic E-state index is 10.5. The molecular formula is C34H46O18. The van der Waals surface area contributed by atoms with E-state index in [2.05, 4.69) is 0 Å². The Morgan fingerprint density at radius 1 is 0.519 bits per heavy atom. The molecule has 18 nitrogen and oxygen atoms in total. The van der Waals surface area contributed by atoms with Crippen LogP contribution in [0, 0.1) is 11.8 Å². The van der Waals surface area contributed by atoms with Gasteiger partial charge in [-0.25, -0.2) is 0 Å². The molecule has 0 aromatic heterocycles. The average molecular weight is 743 g/mol. The highest BCUT2D eigenvalue weighted by atomic mass is 16.7. The predicted octanol–water partition coefficient (Wildman–Crippen LogP) is -1.85. The van der Waals surface area contributed by atoms with E-state index in [1.165, 1.54) is 28.4 Å². The molecule has 0 aliphatic carbocycles. The number of hydrogen-bond acceptors (Lipinski definition) is 18. The van der Waals surface area contributed by atoms with Crippen LogP contribution in [0.1, 0.15) is 23.3 Å². The summed E-state index contributed by atoms with van der Waals surface area (Å²) in [6, 6.07) is 6.78. The lowest BCUT2D eigenvalue weighted by Gasteiger charge is -2.39. The van der Waals surface area contributed by atoms with Crippen molar-refractivity contribution in [3.05, 3.63) is 35.4 Å². The van der Waals surface area contributed by atoms with Crippen molar-refractivity contribution in [2.75, 3.05) is 54.9 Å². The molecule has 0 spiro atoms. The summed E-state index contributed by atoms with van der Waals surface area (Å²) in [5, 5.41) is 81.0. The zero-order valence-electron chi connectivity index (χ0n) is 28.9. The lowest BCUT2D eigenvalue weighted by molar-refractivity contribution is -0.277. The molecule has 14 atom stereocenters. The Hall–Kier alpha value is -3.24. The van der Waals surface area contributed by atoms with E-state index in [9.17, 15) is 40.9 Å². The first-order valence-electron chi connectivity index (χ1n) is 16.7. The Bertz CT molecular complexity index is 1360. The number of benzene rings is 2. The van der Waals surface area contributed by atoms with Gasteiger partial charge in [0.1, 0.15) is 48.8 Å². The van der Waals surface area contributed by atoms with Crippen LogP contribution in [0.5, 0.6) is 34.5 Å². The van der Waals surface area contributed by atoms with E-state index in [1.807, 2.05) is 0 Å². The number of fused-ring (bicyclic) bond motifs is 1. The molecule has 2 aromatic carbocycles. The van der Waals surface area contributed by atoms with Crippen molar-refractivity contribution in [1.82, 2.24) is 0 Å². The molecule has 8 N–H and O–H groups in total. The third-order valence-corrected chi connectivity index (χ3v) is 10.1. The highest BCUT2D eigenvalue weighted by Crippen LogP contribution is 2.54. The van der Waals surface area contributed by atoms with Gasteiger partial charge in [-0.2, -0.15) is 0 Å². The van der Waals surface area contributed by atoms with Gasteiger partial charge in [0.05, 0.1) is 67.1 Å². The zero-order chi connectivity index (χ0) is 37.4. The molecule has 4 saturated heterocycles. The van der Waals surface area contributed by atoms with Gasteiger partial charge in [0.15, 0.2) is 23.0 Å². The molecule has 4 aliphatic heterocycles. The van der Waals surface area contributed by atoms with Crippen LogP contribution < -0.4 is 28.4 Å². The minimum absolute atomic E-state index is 0.0541. The van der Waals surface area contributed by atoms with Gasteiger partial charge in [-0.15, -0.1) is 0 Å². The molecule has 0 bridgehead atoms. The Balaban J connectivity index is 1.22. The van der Waals surface area contributed by atoms with Gasteiger partial charge in [-0.1, -0.05) is 0 Å². The highest BCUT2D eigenvalue weighted by molar-refractivity contribution is 5.56. The molecule has 2 aromatic rings. The van der Waals surface area contributed by atoms with Crippen LogP contribution in [0.4, 0.5) is 0 Å². The smallest absolute Gasteiger partial charge is 0.229 e. The fourth-order valence-corrected chi connectivity index (χ4v) is 7.16. The summed E-state index contributed by atoms with van der Waals surface area (Å²) in [5.74, 6) is 0.683. The summed E-state index contributed by atoms with van der Waals surface area (Å²) in [7, 11) is 5.66. The summed E-state index contributed by atoms with van der Waals surface area (Å²) in [4.78, 5) is 0. The van der Waals surface area contributed by atoms with Crippen LogP contribution in [-0.4, -0.2) is 157 Å². The maximum Gasteiger partial charge on any atom is 0.229 e. The molecule has 18 heteroatoms. The molecule has 52 heavy (non-hydrogen) atoms. The van der Waals surface area contributed by atoms with E-state index in [-0.39, 0.29) is 46.3 Å². The van der Waals surface area contributed by atoms with Crippen molar-refractivity contribution in [1.29, 1.82) is 0 Å². The molecule has 4 heterocycles. The van der Waals surface area contributed by atoms with Gasteiger partial charge in [-0.3, -0.25) is 0 Å². The molecule has 0 saturated carbocycles. The third kappa shape index (κ3) is 6.94. The summed E-state index contributed by atoms with van der Waals surface area (Å²) in [6.07, 6.45) is -15.9. The van der Waals surface area contributed by atoms with E-state index in [1.54, 1.807) is 24.3 Å². The van der Waals surface area contributed by atoms with E-state index in [4.69, 9.17) is 47.4 Å². The van der Waals surface area contributed by atoms with E-state index >= 15 is 0 Å². The minimum atomic E-state index is -1.65. The fraction of sp³-hybridized carbons (Fsp3) is 0.647. The molecule has 4 aliphatic rings. The van der Waals surface area contributed by atoms with Gasteiger partial charge in [0.25, 0.3) is 0 Å². The van der Waals surface area contributed by atoms with Crippen LogP contribution in [0.25, 0.3) is 0 Å². The highest BCUT2D eigenvalue weighted by Gasteiger charge is 2.50. The summed E-state index contributed by atoms with van der Waals surface area (Å²) in [5.41, 5.74) is 1.37. The van der Waals surface area contributed by atoms with Crippen molar-refractivity contribution >= 4 is 0 Å². The Morgan fingerprint density at radius 2 is 0.846 bits per heavy atom. The summed E-state index contributed by atoms with van der Waals surface area (Å²) < 4.78 is 58.0. The lowest BCUT2D eigenvalue weighted by Crippen LogP contribution is -2.60. The van der Waals surface area contributed by atoms with Gasteiger partial charge in [-0.05, 0) is 35.4 Å². The van der Waals surface area contributed by atoms with Gasteiger partial charge in [0, 0.05) is 11.8 Å². The third-order valence-electron chi connectivity index (χ3n) is 10.1. The van der Waals surface area contributed by atoms with Crippen LogP contribution >= 0.6 is 0 Å². The topological polar surface area (TPSA) is 254 Å². The van der Waals surface area contributed by atoms with E-state index < -0.39 is 86.8 Å². The molecule has 4 unspecified atom stereocenters. The average Bonchev–Trinajstić information content (AvgIpc) is 3.78. The van der Waals surface area contributed by atoms with Gasteiger partial charge < -0.3 is 88.2 Å². The van der Waals surface area contributed by atoms with Crippen LogP contribution in [0.3, 0.4) is 0 Å². The zero-order valence-corrected chi connectivity index (χ0v) is 28.9. The quantitative estimate of drug-likeness (QED) is 0.119. The number of methoxy groups -OCH3 is 4. The monoisotopic (exact) mass is 742 g/mol. The largest absolute Gasteiger partial charge is 0.493 e. The maximum absolute atomic E-state index is 10.5. The van der Waals surface area contributed by atoms with Crippen LogP contribution in [0.15, 0.2) is 24.3 Å². The first-order chi connectivity index (χ1) is 25.0. The van der Waals surface area contributed by atoms with Crippen molar-refractivity contribution in [3.8, 4) is 34.5 Å². The number of hydrogen-bond donors (Lipinski definition) is 8. The van der Waals surface area contributed by atoms with Crippen molar-refractivity contribution < 1.29 is 88.2 Å². The fourth-order valence-electron chi connectivity index (χ4n) is 7.16. The Kier molecular flexibility index (Phi) is 11.8. The minimum Gasteiger partial charge on any atom is -0.493 e. The van der Waals surface area contributed by atoms with Crippen LogP contribution in [-0.2, 0) is 18.9 Å². The molecule has 0 amide bonds. The van der Waals surface area contributed by atoms with Crippen molar-refractivity contribution in [2.45, 2.75) is 73.6 Å². The van der Waals surface area contributed by atoms with E-state index in [0.717, 1.165) is 0 Å². The summed E-state index contributed by atoms with van der Waals surface area (Å²) >= 11 is 0. The second-order valence-corrected chi connectivity index (χ2v) is 13.0. The number of rotatable bonds is 12. The number of ether oxygens (including phenoxy) is 10. The normalized spacial score (nSPS) is 37.3. The standard InChI is InChI=1S/C34H46O18/c1-43-17-5-13(6-18(44-2)31(17)51-33-27(41)25(39)23(37)21(9-35)49-33)29-15-11-48-30(16(15)12-47-29)14-7-19(45-3)32(20(8-14)46-4)52-34-28(42)26(40)24(38)22(10-36)50-34/h5-8,15-16,21-30,33-42H,9-12H2,1-4H3/t15?,16?,21-,22+,23-,24+,25-,26-,27+,28+,29?,30?,33+,34-/m1/s1. The molecule has 290 valence electrons. The molecule has 0 radical (unpaired) electrons. The second-order valence-electron chi connectivity index (χ2n) is 13.0. The summed E-state index contributed by atoms with van der Waals surface area (Å²) in [6.45, 7) is -0.604. The SMILES string of the molecule is COc1cc(C2OCC3C(c4cc(OC)c(O[C@@H]5O[C@H](CO)[C@@H](O)[C@@H](O)[C@@H]5O)c(OC)c4)OCC23)cc(OC)c1O[C@H]1O[C@@H](CO)[C@H](O)[C@@H](O)[C@@H]1O. The van der Waals surface area contributed by atoms with Gasteiger partial charge >= 0.3 is 0 Å². The molecule has 4 fully saturated rings. The number of aliphatic hydroxyl groups excluding tert-OH is 8. The van der Waals surface area contributed by atoms with Gasteiger partial charge in [0.2, 0.25) is 24.1 Å². The number of aliphatic hydroxyl groups is 8. The molecule has 6 rings (SSSR count). The first-order valence-corrected chi connectivity index (χ1v) is 16.7. The van der Waals surface area contributed by atoms with Crippen molar-refractivity contribution in [2.24, 2.45) is 11.8 Å². The predicted molar refractivity (Wildman–Crippen MR) is 172 cm³/mol. The Morgan fingerprint density at radius 3 is 1.13 bits per heavy atom. The second kappa shape index (κ2) is 16.0. The molecular weight excluding hydrogens is 696 g/mol. The van der Waals surface area contributed by atoms with E-state index in [0.29, 0.717) is 24.3 Å². The van der Waals surface area contributed by atoms with Crippen molar-refractivity contribution in [3.63, 3.8) is 0 Å². The Labute approximate surface area is 298 Å². The van der Waals surface area contributed by atoms with Crippen LogP contribution in [0.2, 0.25) is 0 Å². The first kappa shape index (κ1) is 38.5. The lowest BCUT2D eigenvalue weighted by atomic mass is 9.84.